The van der Waals surface area contributed by atoms with Gasteiger partial charge in [-0.3, -0.25) is 9.59 Å². The molecule has 3 amide bonds. The summed E-state index contributed by atoms with van der Waals surface area (Å²) in [5.41, 5.74) is 3.28. The molecule has 4 rings (SSSR count). The van der Waals surface area contributed by atoms with Crippen LogP contribution in [0.5, 0.6) is 0 Å². The maximum Gasteiger partial charge on any atom is 0.407 e. The van der Waals surface area contributed by atoms with Gasteiger partial charge in [0, 0.05) is 17.7 Å². The van der Waals surface area contributed by atoms with Crippen molar-refractivity contribution in [2.24, 2.45) is 0 Å². The predicted molar refractivity (Wildman–Crippen MR) is 112 cm³/mol. The Morgan fingerprint density at radius 3 is 2.77 bits per heavy atom. The molecule has 0 radical (unpaired) electrons. The SMILES string of the molecule is Cc1cc(NC(=O)c2cccc3c2CC[C@@H]3NC(=O)OC[C@@H]2CCC(=O)N2)ccc1F. The van der Waals surface area contributed by atoms with Gasteiger partial charge in [-0.2, -0.15) is 0 Å². The van der Waals surface area contributed by atoms with Crippen LogP contribution >= 0.6 is 0 Å². The first-order chi connectivity index (χ1) is 14.9. The van der Waals surface area contributed by atoms with Crippen LogP contribution in [0.3, 0.4) is 0 Å². The highest BCUT2D eigenvalue weighted by Crippen LogP contribution is 2.34. The van der Waals surface area contributed by atoms with E-state index in [0.717, 1.165) is 11.1 Å². The van der Waals surface area contributed by atoms with E-state index in [2.05, 4.69) is 16.0 Å². The molecule has 0 saturated carbocycles. The van der Waals surface area contributed by atoms with Crippen LogP contribution in [0.4, 0.5) is 14.9 Å². The molecular weight excluding hydrogens is 401 g/mol. The van der Waals surface area contributed by atoms with Crippen LogP contribution in [-0.2, 0) is 16.0 Å². The highest BCUT2D eigenvalue weighted by Gasteiger charge is 2.29. The number of fused-ring (bicyclic) bond motifs is 1. The molecule has 2 aromatic carbocycles. The first-order valence-electron chi connectivity index (χ1n) is 10.3. The molecule has 0 aromatic heterocycles. The van der Waals surface area contributed by atoms with Gasteiger partial charge in [0.25, 0.3) is 5.91 Å². The lowest BCUT2D eigenvalue weighted by atomic mass is 10.0. The molecule has 0 bridgehead atoms. The molecule has 1 saturated heterocycles. The van der Waals surface area contributed by atoms with Crippen molar-refractivity contribution >= 4 is 23.6 Å². The normalized spacial score (nSPS) is 19.5. The van der Waals surface area contributed by atoms with Gasteiger partial charge in [-0.25, -0.2) is 9.18 Å². The lowest BCUT2D eigenvalue weighted by Gasteiger charge is -2.16. The summed E-state index contributed by atoms with van der Waals surface area (Å²) in [5.74, 6) is -0.627. The van der Waals surface area contributed by atoms with Gasteiger partial charge >= 0.3 is 6.09 Å². The molecule has 1 aliphatic carbocycles. The number of carbonyl (C=O) groups is 3. The zero-order chi connectivity index (χ0) is 22.0. The molecule has 162 valence electrons. The fourth-order valence-corrected chi connectivity index (χ4v) is 4.10. The van der Waals surface area contributed by atoms with Gasteiger partial charge in [0.2, 0.25) is 5.91 Å². The molecule has 1 heterocycles. The fraction of sp³-hybridized carbons (Fsp3) is 0.348. The van der Waals surface area contributed by atoms with Crippen LogP contribution in [0.2, 0.25) is 0 Å². The maximum atomic E-state index is 13.5. The Labute approximate surface area is 179 Å². The molecule has 3 N–H and O–H groups in total. The predicted octanol–water partition coefficient (Wildman–Crippen LogP) is 3.38. The summed E-state index contributed by atoms with van der Waals surface area (Å²) >= 11 is 0. The van der Waals surface area contributed by atoms with Crippen molar-refractivity contribution in [3.8, 4) is 0 Å². The molecule has 0 spiro atoms. The van der Waals surface area contributed by atoms with Crippen molar-refractivity contribution in [2.45, 2.75) is 44.7 Å². The van der Waals surface area contributed by atoms with Crippen molar-refractivity contribution in [3.63, 3.8) is 0 Å². The fourth-order valence-electron chi connectivity index (χ4n) is 4.10. The van der Waals surface area contributed by atoms with Gasteiger partial charge in [0.1, 0.15) is 12.4 Å². The molecule has 1 aliphatic heterocycles. The van der Waals surface area contributed by atoms with E-state index in [9.17, 15) is 18.8 Å². The first-order valence-corrected chi connectivity index (χ1v) is 10.3. The van der Waals surface area contributed by atoms with E-state index in [-0.39, 0.29) is 36.3 Å². The quantitative estimate of drug-likeness (QED) is 0.684. The Morgan fingerprint density at radius 2 is 2.03 bits per heavy atom. The third-order valence-electron chi connectivity index (χ3n) is 5.72. The molecule has 31 heavy (non-hydrogen) atoms. The summed E-state index contributed by atoms with van der Waals surface area (Å²) in [7, 11) is 0. The summed E-state index contributed by atoms with van der Waals surface area (Å²) in [6.45, 7) is 1.78. The van der Waals surface area contributed by atoms with Crippen molar-refractivity contribution in [1.29, 1.82) is 0 Å². The summed E-state index contributed by atoms with van der Waals surface area (Å²) in [4.78, 5) is 36.3. The highest BCUT2D eigenvalue weighted by atomic mass is 19.1. The molecule has 1 fully saturated rings. The summed E-state index contributed by atoms with van der Waals surface area (Å²) in [6.07, 6.45) is 1.86. The van der Waals surface area contributed by atoms with Crippen LogP contribution in [0.1, 0.15) is 52.4 Å². The van der Waals surface area contributed by atoms with Gasteiger partial charge in [-0.1, -0.05) is 12.1 Å². The maximum absolute atomic E-state index is 13.5. The van der Waals surface area contributed by atoms with Crippen LogP contribution in [0, 0.1) is 12.7 Å². The van der Waals surface area contributed by atoms with Crippen LogP contribution in [0.25, 0.3) is 0 Å². The van der Waals surface area contributed by atoms with E-state index in [1.54, 1.807) is 25.1 Å². The number of halogens is 1. The third kappa shape index (κ3) is 4.68. The van der Waals surface area contributed by atoms with Crippen molar-refractivity contribution < 1.29 is 23.5 Å². The largest absolute Gasteiger partial charge is 0.447 e. The molecule has 7 nitrogen and oxygen atoms in total. The van der Waals surface area contributed by atoms with Crippen molar-refractivity contribution in [1.82, 2.24) is 10.6 Å². The zero-order valence-corrected chi connectivity index (χ0v) is 17.2. The smallest absolute Gasteiger partial charge is 0.407 e. The second kappa shape index (κ2) is 8.75. The van der Waals surface area contributed by atoms with Gasteiger partial charge in [-0.05, 0) is 67.1 Å². The topological polar surface area (TPSA) is 96.5 Å². The van der Waals surface area contributed by atoms with Crippen molar-refractivity contribution in [2.75, 3.05) is 11.9 Å². The number of amides is 3. The number of alkyl carbamates (subject to hydrolysis) is 1. The average Bonchev–Trinajstić information content (AvgIpc) is 3.35. The second-order valence-electron chi connectivity index (χ2n) is 7.93. The van der Waals surface area contributed by atoms with Crippen LogP contribution < -0.4 is 16.0 Å². The molecule has 2 atom stereocenters. The summed E-state index contributed by atoms with van der Waals surface area (Å²) in [5, 5.41) is 8.42. The number of nitrogens with one attached hydrogen (secondary N) is 3. The second-order valence-corrected chi connectivity index (χ2v) is 7.93. The Morgan fingerprint density at radius 1 is 1.19 bits per heavy atom. The van der Waals surface area contributed by atoms with E-state index in [1.807, 2.05) is 6.07 Å². The minimum absolute atomic E-state index is 0.0275. The van der Waals surface area contributed by atoms with E-state index in [0.29, 0.717) is 42.5 Å². The van der Waals surface area contributed by atoms with Crippen molar-refractivity contribution in [3.05, 3.63) is 64.5 Å². The average molecular weight is 425 g/mol. The molecule has 2 aromatic rings. The molecule has 8 heteroatoms. The number of ether oxygens (including phenoxy) is 1. The minimum Gasteiger partial charge on any atom is -0.447 e. The van der Waals surface area contributed by atoms with Gasteiger partial charge in [0.05, 0.1) is 12.1 Å². The highest BCUT2D eigenvalue weighted by molar-refractivity contribution is 6.05. The van der Waals surface area contributed by atoms with E-state index in [1.165, 1.54) is 12.1 Å². The van der Waals surface area contributed by atoms with Crippen LogP contribution in [0.15, 0.2) is 36.4 Å². The molecular formula is C23H24FN3O4. The number of hydrogen-bond donors (Lipinski definition) is 3. The summed E-state index contributed by atoms with van der Waals surface area (Å²) < 4.78 is 18.7. The standard InChI is InChI=1S/C23H24FN3O4/c1-13-11-14(5-8-19(13)24)26-22(29)18-4-2-3-17-16(18)7-9-20(17)27-23(30)31-12-15-6-10-21(28)25-15/h2-5,8,11,15,20H,6-7,9-10,12H2,1H3,(H,25,28)(H,26,29)(H,27,30)/t15-,20-/m0/s1. The number of hydrogen-bond acceptors (Lipinski definition) is 4. The van der Waals surface area contributed by atoms with Crippen LogP contribution in [-0.4, -0.2) is 30.6 Å². The molecule has 2 aliphatic rings. The Kier molecular flexibility index (Phi) is 5.88. The number of anilines is 1. The Hall–Kier alpha value is -3.42. The van der Waals surface area contributed by atoms with Gasteiger partial charge < -0.3 is 20.7 Å². The number of carbonyl (C=O) groups excluding carboxylic acids is 3. The summed E-state index contributed by atoms with van der Waals surface area (Å²) in [6, 6.07) is 9.46. The third-order valence-corrected chi connectivity index (χ3v) is 5.72. The van der Waals surface area contributed by atoms with E-state index < -0.39 is 6.09 Å². The Bertz CT molecular complexity index is 1040. The van der Waals surface area contributed by atoms with E-state index in [4.69, 9.17) is 4.74 Å². The monoisotopic (exact) mass is 425 g/mol. The first kappa shape index (κ1) is 20.8. The zero-order valence-electron chi connectivity index (χ0n) is 17.2. The number of aryl methyl sites for hydroxylation is 1. The lowest BCUT2D eigenvalue weighted by Crippen LogP contribution is -2.34. The Balaban J connectivity index is 1.40. The van der Waals surface area contributed by atoms with Gasteiger partial charge in [-0.15, -0.1) is 0 Å². The van der Waals surface area contributed by atoms with E-state index >= 15 is 0 Å². The molecule has 0 unspecified atom stereocenters. The number of benzene rings is 2. The van der Waals surface area contributed by atoms with Gasteiger partial charge in [0.15, 0.2) is 0 Å². The minimum atomic E-state index is -0.546. The number of rotatable bonds is 5. The lowest BCUT2D eigenvalue weighted by molar-refractivity contribution is -0.119.